The lowest BCUT2D eigenvalue weighted by atomic mass is 10.1. The molecule has 1 amide bonds. The number of furan rings is 1. The normalized spacial score (nSPS) is 23.8. The van der Waals surface area contributed by atoms with Crippen LogP contribution in [0.15, 0.2) is 39.7 Å². The molecule has 132 valence electrons. The zero-order valence-corrected chi connectivity index (χ0v) is 13.8. The molecule has 7 heteroatoms. The predicted octanol–water partition coefficient (Wildman–Crippen LogP) is 1.65. The smallest absolute Gasteiger partial charge is 0.261 e. The molecule has 0 bridgehead atoms. The number of ether oxygens (including phenoxy) is 2. The van der Waals surface area contributed by atoms with Gasteiger partial charge in [0, 0.05) is 19.7 Å². The Morgan fingerprint density at radius 1 is 1.16 bits per heavy atom. The van der Waals surface area contributed by atoms with Crippen LogP contribution in [0, 0.1) is 0 Å². The fraction of sp³-hybridized carbons (Fsp3) is 0.444. The Bertz CT molecular complexity index is 792. The number of aromatic nitrogens is 1. The Morgan fingerprint density at radius 3 is 2.76 bits per heavy atom. The lowest BCUT2D eigenvalue weighted by Crippen LogP contribution is -2.50. The first-order valence-electron chi connectivity index (χ1n) is 8.52. The van der Waals surface area contributed by atoms with Crippen LogP contribution < -0.4 is 5.56 Å². The number of hydrogen-bond donors (Lipinski definition) is 1. The molecule has 2 aliphatic rings. The van der Waals surface area contributed by atoms with Crippen molar-refractivity contribution in [2.75, 3.05) is 26.3 Å². The van der Waals surface area contributed by atoms with Crippen LogP contribution in [0.4, 0.5) is 0 Å². The molecule has 4 heterocycles. The summed E-state index contributed by atoms with van der Waals surface area (Å²) in [6.45, 7) is 2.12. The van der Waals surface area contributed by atoms with E-state index in [1.165, 1.54) is 6.26 Å². The highest BCUT2D eigenvalue weighted by atomic mass is 16.5. The number of nitrogens with zero attached hydrogens (tertiary/aromatic N) is 1. The Balaban J connectivity index is 1.51. The van der Waals surface area contributed by atoms with E-state index in [0.29, 0.717) is 31.2 Å². The van der Waals surface area contributed by atoms with Gasteiger partial charge in [0.1, 0.15) is 17.4 Å². The number of pyridine rings is 1. The molecule has 2 aliphatic heterocycles. The fourth-order valence-corrected chi connectivity index (χ4v) is 3.37. The molecule has 2 saturated heterocycles. The van der Waals surface area contributed by atoms with Gasteiger partial charge >= 0.3 is 0 Å². The number of aromatic amines is 1. The van der Waals surface area contributed by atoms with Gasteiger partial charge in [-0.15, -0.1) is 0 Å². The van der Waals surface area contributed by atoms with Gasteiger partial charge in [-0.25, -0.2) is 0 Å². The van der Waals surface area contributed by atoms with Gasteiger partial charge in [-0.05, 0) is 37.1 Å². The maximum absolute atomic E-state index is 12.8. The second-order valence-electron chi connectivity index (χ2n) is 6.30. The highest BCUT2D eigenvalue weighted by molar-refractivity contribution is 5.94. The van der Waals surface area contributed by atoms with Crippen LogP contribution in [0.25, 0.3) is 11.5 Å². The molecule has 0 radical (unpaired) electrons. The Kier molecular flexibility index (Phi) is 4.42. The molecular weight excluding hydrogens is 324 g/mol. The van der Waals surface area contributed by atoms with Crippen molar-refractivity contribution < 1.29 is 18.7 Å². The summed E-state index contributed by atoms with van der Waals surface area (Å²) in [5.41, 5.74) is 0.258. The monoisotopic (exact) mass is 344 g/mol. The van der Waals surface area contributed by atoms with E-state index < -0.39 is 5.56 Å². The van der Waals surface area contributed by atoms with Crippen molar-refractivity contribution in [2.45, 2.75) is 25.0 Å². The van der Waals surface area contributed by atoms with Gasteiger partial charge in [0.05, 0.1) is 24.7 Å². The number of carbonyl (C=O) groups excluding carboxylic acids is 1. The average molecular weight is 344 g/mol. The molecule has 2 aromatic heterocycles. The van der Waals surface area contributed by atoms with Gasteiger partial charge in [0.15, 0.2) is 0 Å². The average Bonchev–Trinajstić information content (AvgIpc) is 3.35. The minimum absolute atomic E-state index is 0.0372. The van der Waals surface area contributed by atoms with Crippen LogP contribution in [-0.2, 0) is 9.47 Å². The van der Waals surface area contributed by atoms with Crippen molar-refractivity contribution in [1.82, 2.24) is 9.88 Å². The third kappa shape index (κ3) is 3.25. The third-order valence-corrected chi connectivity index (χ3v) is 4.69. The van der Waals surface area contributed by atoms with E-state index in [1.54, 1.807) is 29.2 Å². The summed E-state index contributed by atoms with van der Waals surface area (Å²) in [5.74, 6) is 0.277. The van der Waals surface area contributed by atoms with Gasteiger partial charge in [-0.2, -0.15) is 0 Å². The maximum atomic E-state index is 12.8. The number of H-pyrrole nitrogens is 1. The van der Waals surface area contributed by atoms with Gasteiger partial charge in [0.25, 0.3) is 11.5 Å². The van der Waals surface area contributed by atoms with Crippen LogP contribution >= 0.6 is 0 Å². The minimum atomic E-state index is -0.418. The number of morpholine rings is 1. The van der Waals surface area contributed by atoms with Crippen LogP contribution in [0.1, 0.15) is 23.2 Å². The second kappa shape index (κ2) is 6.85. The predicted molar refractivity (Wildman–Crippen MR) is 89.4 cm³/mol. The summed E-state index contributed by atoms with van der Waals surface area (Å²) >= 11 is 0. The van der Waals surface area contributed by atoms with E-state index in [-0.39, 0.29) is 23.7 Å². The number of rotatable bonds is 3. The molecule has 7 nitrogen and oxygen atoms in total. The molecule has 25 heavy (non-hydrogen) atoms. The Hall–Kier alpha value is -2.38. The molecular formula is C18H20N2O5. The SMILES string of the molecule is O=C(c1ccc(-c2ccco2)[nH]c1=O)N1CCO[C@H]([C@H]2CCCO2)C1. The van der Waals surface area contributed by atoms with Gasteiger partial charge < -0.3 is 23.8 Å². The molecule has 2 atom stereocenters. The number of hydrogen-bond acceptors (Lipinski definition) is 5. The lowest BCUT2D eigenvalue weighted by Gasteiger charge is -2.35. The van der Waals surface area contributed by atoms with Crippen molar-refractivity contribution >= 4 is 5.91 Å². The highest BCUT2D eigenvalue weighted by Gasteiger charge is 2.33. The number of carbonyl (C=O) groups is 1. The van der Waals surface area contributed by atoms with Gasteiger partial charge in [0.2, 0.25) is 0 Å². The molecule has 0 spiro atoms. The van der Waals surface area contributed by atoms with Crippen LogP contribution in [0.3, 0.4) is 0 Å². The van der Waals surface area contributed by atoms with E-state index in [1.807, 2.05) is 0 Å². The molecule has 0 aromatic carbocycles. The highest BCUT2D eigenvalue weighted by Crippen LogP contribution is 2.22. The lowest BCUT2D eigenvalue weighted by molar-refractivity contribution is -0.0868. The summed E-state index contributed by atoms with van der Waals surface area (Å²) in [7, 11) is 0. The van der Waals surface area contributed by atoms with Crippen LogP contribution in [0.5, 0.6) is 0 Å². The number of amides is 1. The Labute approximate surface area is 144 Å². The fourth-order valence-electron chi connectivity index (χ4n) is 3.37. The van der Waals surface area contributed by atoms with Gasteiger partial charge in [-0.1, -0.05) is 0 Å². The van der Waals surface area contributed by atoms with Crippen molar-refractivity contribution in [1.29, 1.82) is 0 Å². The summed E-state index contributed by atoms with van der Waals surface area (Å²) < 4.78 is 16.7. The van der Waals surface area contributed by atoms with E-state index in [0.717, 1.165) is 19.4 Å². The van der Waals surface area contributed by atoms with Crippen molar-refractivity contribution in [3.8, 4) is 11.5 Å². The minimum Gasteiger partial charge on any atom is -0.463 e. The van der Waals surface area contributed by atoms with Crippen molar-refractivity contribution in [3.05, 3.63) is 46.4 Å². The van der Waals surface area contributed by atoms with Crippen molar-refractivity contribution in [2.24, 2.45) is 0 Å². The molecule has 2 aromatic rings. The first-order chi connectivity index (χ1) is 12.2. The zero-order valence-electron chi connectivity index (χ0n) is 13.8. The first-order valence-corrected chi connectivity index (χ1v) is 8.52. The van der Waals surface area contributed by atoms with E-state index in [4.69, 9.17) is 13.9 Å². The molecule has 0 saturated carbocycles. The Morgan fingerprint density at radius 2 is 2.04 bits per heavy atom. The first kappa shape index (κ1) is 16.1. The zero-order chi connectivity index (χ0) is 17.2. The molecule has 4 rings (SSSR count). The van der Waals surface area contributed by atoms with Crippen LogP contribution in [-0.4, -0.2) is 54.3 Å². The second-order valence-corrected chi connectivity index (χ2v) is 6.30. The summed E-state index contributed by atoms with van der Waals surface area (Å²) in [6.07, 6.45) is 3.42. The van der Waals surface area contributed by atoms with Crippen molar-refractivity contribution in [3.63, 3.8) is 0 Å². The maximum Gasteiger partial charge on any atom is 0.261 e. The topological polar surface area (TPSA) is 84.8 Å². The largest absolute Gasteiger partial charge is 0.463 e. The summed E-state index contributed by atoms with van der Waals surface area (Å²) in [6, 6.07) is 6.73. The standard InChI is InChI=1S/C18H20N2O5/c21-17-12(5-6-13(19-17)14-3-1-8-23-14)18(22)20-7-10-25-16(11-20)15-4-2-9-24-15/h1,3,5-6,8,15-16H,2,4,7,9-11H2,(H,19,21)/t15-,16+/m1/s1. The van der Waals surface area contributed by atoms with Gasteiger partial charge in [-0.3, -0.25) is 9.59 Å². The quantitative estimate of drug-likeness (QED) is 0.915. The molecule has 1 N–H and O–H groups in total. The van der Waals surface area contributed by atoms with Crippen LogP contribution in [0.2, 0.25) is 0 Å². The molecule has 2 fully saturated rings. The van der Waals surface area contributed by atoms with E-state index >= 15 is 0 Å². The van der Waals surface area contributed by atoms with E-state index in [2.05, 4.69) is 4.98 Å². The molecule has 0 unspecified atom stereocenters. The molecule has 0 aliphatic carbocycles. The third-order valence-electron chi connectivity index (χ3n) is 4.69. The number of nitrogens with one attached hydrogen (secondary N) is 1. The van der Waals surface area contributed by atoms with E-state index in [9.17, 15) is 9.59 Å². The summed E-state index contributed by atoms with van der Waals surface area (Å²) in [4.78, 5) is 29.5. The summed E-state index contributed by atoms with van der Waals surface area (Å²) in [5, 5.41) is 0.